The van der Waals surface area contributed by atoms with Crippen molar-refractivity contribution in [2.75, 3.05) is 38.0 Å². The van der Waals surface area contributed by atoms with Gasteiger partial charge in [-0.3, -0.25) is 9.69 Å². The monoisotopic (exact) mass is 539 g/mol. The highest BCUT2D eigenvalue weighted by atomic mass is 35.5. The Morgan fingerprint density at radius 3 is 2.66 bits per heavy atom. The van der Waals surface area contributed by atoms with E-state index in [9.17, 15) is 4.79 Å². The summed E-state index contributed by atoms with van der Waals surface area (Å²) in [6, 6.07) is 5.85. The van der Waals surface area contributed by atoms with E-state index in [4.69, 9.17) is 44.9 Å². The quantitative estimate of drug-likeness (QED) is 0.442. The van der Waals surface area contributed by atoms with Crippen molar-refractivity contribution in [3.8, 4) is 0 Å². The van der Waals surface area contributed by atoms with E-state index in [0.717, 1.165) is 56.8 Å². The second-order valence-corrected chi connectivity index (χ2v) is 10.8. The Kier molecular flexibility index (Phi) is 9.11. The number of hydrogen-bond donors (Lipinski definition) is 2. The summed E-state index contributed by atoms with van der Waals surface area (Å²) in [5.74, 6) is 0.984. The summed E-state index contributed by atoms with van der Waals surface area (Å²) in [5, 5.41) is 14.0. The molecule has 35 heavy (non-hydrogen) atoms. The fraction of sp³-hybridized carbons (Fsp3) is 0.560. The molecule has 7 nitrogen and oxygen atoms in total. The zero-order valence-electron chi connectivity index (χ0n) is 19.9. The molecule has 0 saturated carbocycles. The lowest BCUT2D eigenvalue weighted by Gasteiger charge is -2.42. The third-order valence-electron chi connectivity index (χ3n) is 7.08. The Bertz CT molecular complexity index is 1030. The van der Waals surface area contributed by atoms with E-state index >= 15 is 0 Å². The van der Waals surface area contributed by atoms with Gasteiger partial charge in [-0.2, -0.15) is 0 Å². The Hall–Kier alpha value is -1.64. The molecule has 1 aromatic carbocycles. The van der Waals surface area contributed by atoms with Crippen LogP contribution < -0.4 is 5.32 Å². The molecule has 4 rings (SSSR count). The maximum atomic E-state index is 10.9. The predicted molar refractivity (Wildman–Crippen MR) is 141 cm³/mol. The number of anilines is 1. The van der Waals surface area contributed by atoms with Gasteiger partial charge in [-0.05, 0) is 69.9 Å². The lowest BCUT2D eigenvalue weighted by molar-refractivity contribution is -0.137. The number of aromatic nitrogens is 2. The molecule has 3 heterocycles. The van der Waals surface area contributed by atoms with E-state index in [1.165, 1.54) is 6.42 Å². The van der Waals surface area contributed by atoms with Gasteiger partial charge in [-0.15, -0.1) is 0 Å². The van der Waals surface area contributed by atoms with Gasteiger partial charge in [-0.25, -0.2) is 9.97 Å². The highest BCUT2D eigenvalue weighted by Crippen LogP contribution is 2.33. The van der Waals surface area contributed by atoms with Gasteiger partial charge in [0, 0.05) is 35.1 Å². The Morgan fingerprint density at radius 1 is 1.17 bits per heavy atom. The molecule has 2 fully saturated rings. The van der Waals surface area contributed by atoms with Crippen molar-refractivity contribution in [3.05, 3.63) is 50.9 Å². The first-order valence-corrected chi connectivity index (χ1v) is 13.4. The molecule has 0 amide bonds. The summed E-state index contributed by atoms with van der Waals surface area (Å²) in [7, 11) is 0. The van der Waals surface area contributed by atoms with Crippen LogP contribution in [0.2, 0.25) is 15.1 Å². The molecular formula is C25H32Cl3N5O2. The van der Waals surface area contributed by atoms with Crippen molar-refractivity contribution in [1.82, 2.24) is 19.8 Å². The molecule has 2 atom stereocenters. The van der Waals surface area contributed by atoms with Gasteiger partial charge in [0.25, 0.3) is 0 Å². The van der Waals surface area contributed by atoms with Crippen molar-refractivity contribution in [3.63, 3.8) is 0 Å². The van der Waals surface area contributed by atoms with Crippen LogP contribution in [0.5, 0.6) is 0 Å². The van der Waals surface area contributed by atoms with Crippen LogP contribution in [0.1, 0.15) is 62.4 Å². The lowest BCUT2D eigenvalue weighted by Crippen LogP contribution is -2.50. The molecule has 2 saturated heterocycles. The van der Waals surface area contributed by atoms with E-state index in [1.54, 1.807) is 12.3 Å². The molecule has 2 aliphatic rings. The minimum atomic E-state index is -0.726. The second-order valence-electron chi connectivity index (χ2n) is 9.51. The van der Waals surface area contributed by atoms with E-state index in [1.807, 2.05) is 19.1 Å². The van der Waals surface area contributed by atoms with Gasteiger partial charge in [0.1, 0.15) is 16.7 Å². The number of carbonyl (C=O) groups is 1. The zero-order valence-corrected chi connectivity index (χ0v) is 22.2. The summed E-state index contributed by atoms with van der Waals surface area (Å²) >= 11 is 18.8. The van der Waals surface area contributed by atoms with Crippen LogP contribution in [0.25, 0.3) is 0 Å². The molecule has 0 radical (unpaired) electrons. The van der Waals surface area contributed by atoms with E-state index < -0.39 is 5.97 Å². The Balaban J connectivity index is 1.35. The van der Waals surface area contributed by atoms with Gasteiger partial charge in [-0.1, -0.05) is 40.9 Å². The van der Waals surface area contributed by atoms with Gasteiger partial charge >= 0.3 is 5.97 Å². The molecule has 2 N–H and O–H groups in total. The summed E-state index contributed by atoms with van der Waals surface area (Å²) in [6.07, 6.45) is 6.16. The molecule has 0 bridgehead atoms. The number of benzene rings is 1. The van der Waals surface area contributed by atoms with Gasteiger partial charge in [0.15, 0.2) is 0 Å². The smallest absolute Gasteiger partial charge is 0.304 e. The molecule has 190 valence electrons. The zero-order chi connectivity index (χ0) is 24.9. The standard InChI is InChI=1S/C25H32Cl3N5O2/c1-16(20-5-4-18(26)13-21(20)27)30-25-22(28)14-29-24(31-25)17-6-11-33(12-7-17)19-3-2-9-32(15-19)10-8-23(34)35/h4-5,13-14,16-17,19H,2-3,6-12,15H2,1H3,(H,34,35)(H,29,30,31)/t16-,19?/m1/s1. The molecule has 0 aliphatic carbocycles. The van der Waals surface area contributed by atoms with Crippen LogP contribution in [0.4, 0.5) is 5.82 Å². The van der Waals surface area contributed by atoms with Crippen molar-refractivity contribution in [2.24, 2.45) is 0 Å². The van der Waals surface area contributed by atoms with Crippen molar-refractivity contribution in [1.29, 1.82) is 0 Å². The minimum absolute atomic E-state index is 0.0998. The highest BCUT2D eigenvalue weighted by Gasteiger charge is 2.30. The fourth-order valence-corrected chi connectivity index (χ4v) is 5.84. The normalized spacial score (nSPS) is 21.1. The number of hydrogen-bond acceptors (Lipinski definition) is 6. The van der Waals surface area contributed by atoms with Crippen LogP contribution in [0.3, 0.4) is 0 Å². The third-order valence-corrected chi connectivity index (χ3v) is 7.92. The number of nitrogens with zero attached hydrogens (tertiary/aromatic N) is 4. The van der Waals surface area contributed by atoms with Crippen LogP contribution in [-0.2, 0) is 4.79 Å². The molecule has 0 spiro atoms. The number of rotatable bonds is 8. The molecule has 2 aromatic rings. The molecule has 1 aromatic heterocycles. The van der Waals surface area contributed by atoms with E-state index in [2.05, 4.69) is 20.1 Å². The number of likely N-dealkylation sites (tertiary alicyclic amines) is 2. The largest absolute Gasteiger partial charge is 0.481 e. The molecule has 10 heteroatoms. The lowest BCUT2D eigenvalue weighted by atomic mass is 9.93. The van der Waals surface area contributed by atoms with Crippen LogP contribution >= 0.6 is 34.8 Å². The summed E-state index contributed by atoms with van der Waals surface area (Å²) in [5.41, 5.74) is 0.922. The fourth-order valence-electron chi connectivity index (χ4n) is 5.12. The third kappa shape index (κ3) is 6.98. The first-order chi connectivity index (χ1) is 16.8. The molecular weight excluding hydrogens is 509 g/mol. The first kappa shape index (κ1) is 26.4. The highest BCUT2D eigenvalue weighted by molar-refractivity contribution is 6.35. The Labute approximate surface area is 221 Å². The summed E-state index contributed by atoms with van der Waals surface area (Å²) in [4.78, 5) is 25.1. The summed E-state index contributed by atoms with van der Waals surface area (Å²) < 4.78 is 0. The minimum Gasteiger partial charge on any atom is -0.481 e. The maximum Gasteiger partial charge on any atom is 0.304 e. The van der Waals surface area contributed by atoms with E-state index in [0.29, 0.717) is 33.5 Å². The van der Waals surface area contributed by atoms with Crippen LogP contribution in [0.15, 0.2) is 24.4 Å². The predicted octanol–water partition coefficient (Wildman–Crippen LogP) is 5.73. The van der Waals surface area contributed by atoms with Crippen molar-refractivity contribution in [2.45, 2.75) is 57.0 Å². The number of carboxylic acid groups (broad SMARTS) is 1. The van der Waals surface area contributed by atoms with Gasteiger partial charge in [0.2, 0.25) is 0 Å². The average molecular weight is 541 g/mol. The first-order valence-electron chi connectivity index (χ1n) is 12.2. The topological polar surface area (TPSA) is 81.6 Å². The van der Waals surface area contributed by atoms with Crippen molar-refractivity contribution < 1.29 is 9.90 Å². The maximum absolute atomic E-state index is 10.9. The van der Waals surface area contributed by atoms with E-state index in [-0.39, 0.29) is 18.4 Å². The van der Waals surface area contributed by atoms with Gasteiger partial charge in [0.05, 0.1) is 18.7 Å². The number of aliphatic carboxylic acids is 1. The number of carboxylic acids is 1. The average Bonchev–Trinajstić information content (AvgIpc) is 2.84. The van der Waals surface area contributed by atoms with Crippen molar-refractivity contribution >= 4 is 46.6 Å². The second kappa shape index (κ2) is 12.1. The number of nitrogens with one attached hydrogen (secondary N) is 1. The number of halogens is 3. The number of piperidine rings is 2. The van der Waals surface area contributed by atoms with Crippen LogP contribution in [0, 0.1) is 0 Å². The molecule has 1 unspecified atom stereocenters. The van der Waals surface area contributed by atoms with Crippen LogP contribution in [-0.4, -0.2) is 69.6 Å². The Morgan fingerprint density at radius 2 is 1.94 bits per heavy atom. The SMILES string of the molecule is C[C@@H](Nc1nc(C2CCN(C3CCCN(CCC(=O)O)C3)CC2)ncc1Cl)c1ccc(Cl)cc1Cl. The molecule has 2 aliphatic heterocycles. The van der Waals surface area contributed by atoms with Gasteiger partial charge < -0.3 is 15.3 Å². The summed E-state index contributed by atoms with van der Waals surface area (Å²) in [6.45, 7) is 6.58.